The van der Waals surface area contributed by atoms with Gasteiger partial charge in [-0.25, -0.2) is 0 Å². The third kappa shape index (κ3) is 3.81. The summed E-state index contributed by atoms with van der Waals surface area (Å²) in [5.41, 5.74) is 3.54. The SMILES string of the molecule is COc1ccccc1N1CCN(C(=O)CCn2c(C)ccc2C)CC1. The van der Waals surface area contributed by atoms with Gasteiger partial charge in [0.25, 0.3) is 0 Å². The largest absolute Gasteiger partial charge is 0.495 e. The molecule has 2 heterocycles. The van der Waals surface area contributed by atoms with E-state index < -0.39 is 0 Å². The average Bonchev–Trinajstić information content (AvgIpc) is 2.97. The second kappa shape index (κ2) is 7.64. The number of methoxy groups -OCH3 is 1. The van der Waals surface area contributed by atoms with Crippen LogP contribution >= 0.6 is 0 Å². The molecule has 5 heteroatoms. The zero-order valence-corrected chi connectivity index (χ0v) is 15.4. The third-order valence-corrected chi connectivity index (χ3v) is 5.02. The maximum Gasteiger partial charge on any atom is 0.224 e. The number of carbonyl (C=O) groups excluding carboxylic acids is 1. The van der Waals surface area contributed by atoms with Gasteiger partial charge in [-0.15, -0.1) is 0 Å². The van der Waals surface area contributed by atoms with E-state index in [0.717, 1.165) is 44.2 Å². The Morgan fingerprint density at radius 2 is 1.64 bits per heavy atom. The summed E-state index contributed by atoms with van der Waals surface area (Å²) in [6.07, 6.45) is 0.561. The van der Waals surface area contributed by atoms with E-state index in [9.17, 15) is 4.79 Å². The van der Waals surface area contributed by atoms with Crippen molar-refractivity contribution in [2.75, 3.05) is 38.2 Å². The van der Waals surface area contributed by atoms with Gasteiger partial charge in [0.05, 0.1) is 12.8 Å². The average molecular weight is 341 g/mol. The Bertz CT molecular complexity index is 711. The molecular weight excluding hydrogens is 314 g/mol. The lowest BCUT2D eigenvalue weighted by Crippen LogP contribution is -2.49. The number of anilines is 1. The Morgan fingerprint density at radius 3 is 2.28 bits per heavy atom. The fraction of sp³-hybridized carbons (Fsp3) is 0.450. The maximum atomic E-state index is 12.6. The van der Waals surface area contributed by atoms with Crippen molar-refractivity contribution in [1.29, 1.82) is 0 Å². The van der Waals surface area contributed by atoms with Crippen LogP contribution < -0.4 is 9.64 Å². The number of ether oxygens (including phenoxy) is 1. The van der Waals surface area contributed by atoms with Crippen molar-refractivity contribution >= 4 is 11.6 Å². The number of hydrogen-bond acceptors (Lipinski definition) is 3. The van der Waals surface area contributed by atoms with Crippen molar-refractivity contribution in [3.8, 4) is 5.75 Å². The highest BCUT2D eigenvalue weighted by Gasteiger charge is 2.22. The molecule has 0 radical (unpaired) electrons. The molecule has 0 atom stereocenters. The first-order valence-corrected chi connectivity index (χ1v) is 8.88. The summed E-state index contributed by atoms with van der Waals surface area (Å²) in [5.74, 6) is 1.13. The normalized spacial score (nSPS) is 14.7. The van der Waals surface area contributed by atoms with Crippen LogP contribution in [0.25, 0.3) is 0 Å². The van der Waals surface area contributed by atoms with E-state index in [4.69, 9.17) is 4.74 Å². The third-order valence-electron chi connectivity index (χ3n) is 5.02. The quantitative estimate of drug-likeness (QED) is 0.839. The molecule has 1 aromatic carbocycles. The van der Waals surface area contributed by atoms with Crippen LogP contribution in [0.5, 0.6) is 5.75 Å². The van der Waals surface area contributed by atoms with Crippen molar-refractivity contribution in [2.24, 2.45) is 0 Å². The van der Waals surface area contributed by atoms with Gasteiger partial charge in [0.15, 0.2) is 0 Å². The zero-order chi connectivity index (χ0) is 17.8. The Hall–Kier alpha value is -2.43. The Kier molecular flexibility index (Phi) is 5.31. The molecular formula is C20H27N3O2. The van der Waals surface area contributed by atoms with Gasteiger partial charge in [0.1, 0.15) is 5.75 Å². The molecule has 0 spiro atoms. The number of rotatable bonds is 5. The first-order chi connectivity index (χ1) is 12.1. The lowest BCUT2D eigenvalue weighted by atomic mass is 10.2. The molecule has 1 fully saturated rings. The van der Waals surface area contributed by atoms with Gasteiger partial charge in [-0.3, -0.25) is 4.79 Å². The number of nitrogens with zero attached hydrogens (tertiary/aromatic N) is 3. The summed E-state index contributed by atoms with van der Waals surface area (Å²) >= 11 is 0. The second-order valence-corrected chi connectivity index (χ2v) is 6.56. The molecule has 0 bridgehead atoms. The number of hydrogen-bond donors (Lipinski definition) is 0. The molecule has 0 aliphatic carbocycles. The molecule has 2 aromatic rings. The summed E-state index contributed by atoms with van der Waals surface area (Å²) in [5, 5.41) is 0. The number of amides is 1. The van der Waals surface area contributed by atoms with E-state index in [1.54, 1.807) is 7.11 Å². The van der Waals surface area contributed by atoms with Crippen LogP contribution in [0.4, 0.5) is 5.69 Å². The van der Waals surface area contributed by atoms with Gasteiger partial charge in [-0.2, -0.15) is 0 Å². The number of aromatic nitrogens is 1. The molecule has 1 amide bonds. The molecule has 1 aliphatic rings. The highest BCUT2D eigenvalue weighted by atomic mass is 16.5. The Morgan fingerprint density at radius 1 is 1.00 bits per heavy atom. The van der Waals surface area contributed by atoms with Crippen LogP contribution in [0.2, 0.25) is 0 Å². The van der Waals surface area contributed by atoms with Crippen LogP contribution in [0.15, 0.2) is 36.4 Å². The second-order valence-electron chi connectivity index (χ2n) is 6.56. The van der Waals surface area contributed by atoms with Crippen LogP contribution in [0.1, 0.15) is 17.8 Å². The molecule has 1 aliphatic heterocycles. The highest BCUT2D eigenvalue weighted by Crippen LogP contribution is 2.28. The Balaban J connectivity index is 1.54. The predicted molar refractivity (Wildman–Crippen MR) is 100 cm³/mol. The zero-order valence-electron chi connectivity index (χ0n) is 15.4. The van der Waals surface area contributed by atoms with E-state index in [1.165, 1.54) is 11.4 Å². The molecule has 1 saturated heterocycles. The lowest BCUT2D eigenvalue weighted by molar-refractivity contribution is -0.131. The van der Waals surface area contributed by atoms with Crippen LogP contribution in [0, 0.1) is 13.8 Å². The van der Waals surface area contributed by atoms with E-state index >= 15 is 0 Å². The van der Waals surface area contributed by atoms with Crippen molar-refractivity contribution in [1.82, 2.24) is 9.47 Å². The minimum atomic E-state index is 0.243. The summed E-state index contributed by atoms with van der Waals surface area (Å²) in [6.45, 7) is 8.14. The van der Waals surface area contributed by atoms with Gasteiger partial charge in [0.2, 0.25) is 5.91 Å². The topological polar surface area (TPSA) is 37.7 Å². The smallest absolute Gasteiger partial charge is 0.224 e. The fourth-order valence-corrected chi connectivity index (χ4v) is 3.51. The van der Waals surface area contributed by atoms with Gasteiger partial charge >= 0.3 is 0 Å². The standard InChI is InChI=1S/C20H27N3O2/c1-16-8-9-17(2)23(16)11-10-20(24)22-14-12-21(13-15-22)18-6-4-5-7-19(18)25-3/h4-9H,10-15H2,1-3H3. The summed E-state index contributed by atoms with van der Waals surface area (Å²) in [7, 11) is 1.70. The number of aryl methyl sites for hydroxylation is 2. The van der Waals surface area contributed by atoms with Gasteiger partial charge in [0, 0.05) is 50.5 Å². The minimum Gasteiger partial charge on any atom is -0.495 e. The molecule has 134 valence electrons. The molecule has 0 unspecified atom stereocenters. The highest BCUT2D eigenvalue weighted by molar-refractivity contribution is 5.76. The first kappa shape index (κ1) is 17.4. The predicted octanol–water partition coefficient (Wildman–Crippen LogP) is 2.85. The molecule has 25 heavy (non-hydrogen) atoms. The number of carbonyl (C=O) groups is 1. The van der Waals surface area contributed by atoms with E-state index in [2.05, 4.69) is 41.5 Å². The number of para-hydroxylation sites is 2. The minimum absolute atomic E-state index is 0.243. The van der Waals surface area contributed by atoms with Crippen molar-refractivity contribution in [3.05, 3.63) is 47.8 Å². The van der Waals surface area contributed by atoms with Crippen LogP contribution in [0.3, 0.4) is 0 Å². The van der Waals surface area contributed by atoms with Crippen LogP contribution in [-0.4, -0.2) is 48.7 Å². The number of benzene rings is 1. The van der Waals surface area contributed by atoms with E-state index in [1.807, 2.05) is 23.1 Å². The van der Waals surface area contributed by atoms with E-state index in [-0.39, 0.29) is 5.91 Å². The van der Waals surface area contributed by atoms with E-state index in [0.29, 0.717) is 6.42 Å². The first-order valence-electron chi connectivity index (χ1n) is 8.88. The lowest BCUT2D eigenvalue weighted by Gasteiger charge is -2.36. The molecule has 5 nitrogen and oxygen atoms in total. The van der Waals surface area contributed by atoms with Gasteiger partial charge < -0.3 is 19.1 Å². The molecule has 3 rings (SSSR count). The Labute approximate surface area is 149 Å². The molecule has 0 N–H and O–H groups in total. The van der Waals surface area contributed by atoms with Crippen LogP contribution in [-0.2, 0) is 11.3 Å². The fourth-order valence-electron chi connectivity index (χ4n) is 3.51. The van der Waals surface area contributed by atoms with Crippen molar-refractivity contribution in [2.45, 2.75) is 26.8 Å². The van der Waals surface area contributed by atoms with Gasteiger partial charge in [-0.1, -0.05) is 12.1 Å². The van der Waals surface area contributed by atoms with Gasteiger partial charge in [-0.05, 0) is 38.1 Å². The summed E-state index contributed by atoms with van der Waals surface area (Å²) in [6, 6.07) is 12.3. The molecule has 1 aromatic heterocycles. The summed E-state index contributed by atoms with van der Waals surface area (Å²) < 4.78 is 7.66. The van der Waals surface area contributed by atoms with Crippen molar-refractivity contribution < 1.29 is 9.53 Å². The maximum absolute atomic E-state index is 12.6. The molecule has 0 saturated carbocycles. The van der Waals surface area contributed by atoms with Crippen molar-refractivity contribution in [3.63, 3.8) is 0 Å². The number of piperazine rings is 1. The monoisotopic (exact) mass is 341 g/mol. The summed E-state index contributed by atoms with van der Waals surface area (Å²) in [4.78, 5) is 16.8.